The molecule has 1 aromatic heterocycles. The number of nitrogens with zero attached hydrogens (tertiary/aromatic N) is 3. The Balaban J connectivity index is 2.22. The number of nitrogens with one attached hydrogen (secondary N) is 2. The van der Waals surface area contributed by atoms with E-state index in [2.05, 4.69) is 24.5 Å². The van der Waals surface area contributed by atoms with Crippen molar-refractivity contribution in [1.29, 1.82) is 0 Å². The van der Waals surface area contributed by atoms with E-state index in [9.17, 15) is 19.6 Å². The fourth-order valence-electron chi connectivity index (χ4n) is 4.08. The van der Waals surface area contributed by atoms with Gasteiger partial charge in [0.25, 0.3) is 5.82 Å². The number of hydrogen-bond acceptors (Lipinski definition) is 5. The molecule has 0 radical (unpaired) electrons. The lowest BCUT2D eigenvalue weighted by Gasteiger charge is -2.28. The van der Waals surface area contributed by atoms with Gasteiger partial charge in [-0.3, -0.25) is 20.2 Å². The molecule has 3 rings (SSSR count). The maximum Gasteiger partial charge on any atom is 0.328 e. The lowest BCUT2D eigenvalue weighted by Crippen LogP contribution is -2.58. The van der Waals surface area contributed by atoms with Crippen LogP contribution in [0.2, 0.25) is 0 Å². The first-order valence-electron chi connectivity index (χ1n) is 10.7. The first-order valence-corrected chi connectivity index (χ1v) is 10.7. The molecule has 2 N–H and O–H groups in total. The van der Waals surface area contributed by atoms with Crippen molar-refractivity contribution >= 4 is 17.8 Å². The number of carbonyl (C=O) groups excluding carboxylic acids is 3. The minimum atomic E-state index is -1.26. The fraction of sp³-hybridized carbons (Fsp3) is 0.478. The Morgan fingerprint density at radius 2 is 1.56 bits per heavy atom. The molecule has 9 nitrogen and oxygen atoms in total. The Morgan fingerprint density at radius 1 is 1.03 bits per heavy atom. The van der Waals surface area contributed by atoms with Crippen LogP contribution in [-0.4, -0.2) is 48.0 Å². The van der Waals surface area contributed by atoms with Crippen molar-refractivity contribution < 1.29 is 19.1 Å². The molecule has 1 saturated heterocycles. The Bertz CT molecular complexity index is 1020. The van der Waals surface area contributed by atoms with Crippen LogP contribution in [0.15, 0.2) is 24.3 Å². The smallest absolute Gasteiger partial charge is 0.328 e. The van der Waals surface area contributed by atoms with Crippen LogP contribution < -0.4 is 15.4 Å². The summed E-state index contributed by atoms with van der Waals surface area (Å²) < 4.78 is 2.68. The largest absolute Gasteiger partial charge is 0.711 e. The summed E-state index contributed by atoms with van der Waals surface area (Å²) in [4.78, 5) is 39.3. The normalized spacial score (nSPS) is 15.9. The Hall–Kier alpha value is -3.20. The van der Waals surface area contributed by atoms with Gasteiger partial charge in [-0.1, -0.05) is 38.1 Å². The first-order chi connectivity index (χ1) is 15.0. The Morgan fingerprint density at radius 3 is 2.06 bits per heavy atom. The number of imide groups is 2. The SMILES string of the molecule is Cc1c(C)[n+]([O-])c([C@@H](c2ccc(C(C)C)cc2)C2C(=O)NC(=O)NC2=O)n1CCN(C)C. The third kappa shape index (κ3) is 4.38. The van der Waals surface area contributed by atoms with E-state index in [4.69, 9.17) is 0 Å². The van der Waals surface area contributed by atoms with Gasteiger partial charge in [-0.25, -0.2) is 14.1 Å². The zero-order chi connectivity index (χ0) is 23.7. The van der Waals surface area contributed by atoms with E-state index in [0.717, 1.165) is 16.0 Å². The van der Waals surface area contributed by atoms with E-state index in [1.54, 1.807) is 6.92 Å². The van der Waals surface area contributed by atoms with Gasteiger partial charge in [0.15, 0.2) is 0 Å². The second kappa shape index (κ2) is 9.12. The molecule has 1 aliphatic rings. The number of aromatic nitrogens is 2. The lowest BCUT2D eigenvalue weighted by molar-refractivity contribution is -0.621. The van der Waals surface area contributed by atoms with Gasteiger partial charge in [0.1, 0.15) is 29.8 Å². The lowest BCUT2D eigenvalue weighted by atomic mass is 9.82. The summed E-state index contributed by atoms with van der Waals surface area (Å²) in [6, 6.07) is 6.74. The summed E-state index contributed by atoms with van der Waals surface area (Å²) in [5.41, 5.74) is 3.04. The van der Waals surface area contributed by atoms with Crippen LogP contribution in [0.4, 0.5) is 4.79 Å². The summed E-state index contributed by atoms with van der Waals surface area (Å²) in [6.07, 6.45) is 0. The van der Waals surface area contributed by atoms with E-state index >= 15 is 0 Å². The molecule has 0 spiro atoms. The Kier molecular flexibility index (Phi) is 6.68. The van der Waals surface area contributed by atoms with Crippen molar-refractivity contribution in [2.75, 3.05) is 20.6 Å². The fourth-order valence-corrected chi connectivity index (χ4v) is 4.08. The second-order valence-corrected chi connectivity index (χ2v) is 8.86. The van der Waals surface area contributed by atoms with E-state index < -0.39 is 29.7 Å². The van der Waals surface area contributed by atoms with Gasteiger partial charge < -0.3 is 10.1 Å². The summed E-state index contributed by atoms with van der Waals surface area (Å²) >= 11 is 0. The monoisotopic (exact) mass is 441 g/mol. The standard InChI is InChI=1S/C23H31N5O4/c1-13(2)16-7-9-17(10-8-16)18(19-20(29)24-23(31)25-21(19)30)22-27(12-11-26(5)6)14(3)15(4)28(22)32/h7-10,13,18-19H,11-12H2,1-6H3,(H2,24,25,29,30,31)/t18-/m0/s1. The second-order valence-electron chi connectivity index (χ2n) is 8.86. The van der Waals surface area contributed by atoms with Crippen LogP contribution in [0.1, 0.15) is 54.0 Å². The molecule has 1 atom stereocenters. The quantitative estimate of drug-likeness (QED) is 0.385. The van der Waals surface area contributed by atoms with Gasteiger partial charge in [-0.2, -0.15) is 0 Å². The molecular formula is C23H31N5O4. The maximum absolute atomic E-state index is 13.3. The summed E-state index contributed by atoms with van der Waals surface area (Å²) in [7, 11) is 3.87. The van der Waals surface area contributed by atoms with Gasteiger partial charge in [0, 0.05) is 20.4 Å². The third-order valence-electron chi connectivity index (χ3n) is 6.10. The molecule has 2 aromatic rings. The average Bonchev–Trinajstić information content (AvgIpc) is 2.92. The van der Waals surface area contributed by atoms with Crippen molar-refractivity contribution in [3.05, 3.63) is 57.8 Å². The number of amides is 4. The molecule has 4 amide bonds. The minimum absolute atomic E-state index is 0.305. The number of imidazole rings is 1. The number of benzene rings is 1. The van der Waals surface area contributed by atoms with Crippen molar-refractivity contribution in [2.45, 2.75) is 46.1 Å². The number of barbiturate groups is 1. The van der Waals surface area contributed by atoms with Crippen LogP contribution in [0, 0.1) is 25.0 Å². The molecule has 1 aromatic carbocycles. The molecule has 32 heavy (non-hydrogen) atoms. The van der Waals surface area contributed by atoms with Crippen LogP contribution in [0.5, 0.6) is 0 Å². The van der Waals surface area contributed by atoms with Crippen LogP contribution in [0.3, 0.4) is 0 Å². The average molecular weight is 442 g/mol. The van der Waals surface area contributed by atoms with Crippen molar-refractivity contribution in [3.8, 4) is 0 Å². The third-order valence-corrected chi connectivity index (χ3v) is 6.10. The predicted octanol–water partition coefficient (Wildman–Crippen LogP) is 1.54. The summed E-state index contributed by atoms with van der Waals surface area (Å²) in [6.45, 7) is 8.91. The van der Waals surface area contributed by atoms with Gasteiger partial charge in [0.2, 0.25) is 11.8 Å². The molecule has 0 bridgehead atoms. The summed E-state index contributed by atoms with van der Waals surface area (Å²) in [5, 5.41) is 17.7. The number of carbonyl (C=O) groups is 3. The predicted molar refractivity (Wildman–Crippen MR) is 119 cm³/mol. The van der Waals surface area contributed by atoms with Crippen molar-refractivity contribution in [1.82, 2.24) is 20.1 Å². The highest BCUT2D eigenvalue weighted by Crippen LogP contribution is 2.34. The number of hydrogen-bond donors (Lipinski definition) is 2. The number of rotatable bonds is 7. The molecule has 0 unspecified atom stereocenters. The molecule has 0 aliphatic carbocycles. The van der Waals surface area contributed by atoms with E-state index in [-0.39, 0.29) is 0 Å². The van der Waals surface area contributed by atoms with Crippen LogP contribution >= 0.6 is 0 Å². The summed E-state index contributed by atoms with van der Waals surface area (Å²) in [5.74, 6) is -2.94. The van der Waals surface area contributed by atoms with E-state index in [1.807, 2.05) is 54.8 Å². The molecule has 1 fully saturated rings. The van der Waals surface area contributed by atoms with Crippen LogP contribution in [-0.2, 0) is 16.1 Å². The van der Waals surface area contributed by atoms with Crippen molar-refractivity contribution in [3.63, 3.8) is 0 Å². The molecule has 2 heterocycles. The van der Waals surface area contributed by atoms with Gasteiger partial charge in [-0.05, 0) is 31.1 Å². The maximum atomic E-state index is 13.3. The number of urea groups is 1. The molecular weight excluding hydrogens is 410 g/mol. The highest BCUT2D eigenvalue weighted by Gasteiger charge is 2.47. The van der Waals surface area contributed by atoms with Gasteiger partial charge in [0.05, 0.1) is 0 Å². The first kappa shape index (κ1) is 23.5. The topological polar surface area (TPSA) is 110 Å². The molecule has 1 aliphatic heterocycles. The van der Waals surface area contributed by atoms with Crippen molar-refractivity contribution in [2.24, 2.45) is 5.92 Å². The highest BCUT2D eigenvalue weighted by molar-refractivity contribution is 6.16. The molecule has 0 saturated carbocycles. The zero-order valence-electron chi connectivity index (χ0n) is 19.4. The number of likely N-dealkylation sites (N-methyl/N-ethyl adjacent to an activating group) is 1. The molecule has 9 heteroatoms. The molecule has 172 valence electrons. The zero-order valence-corrected chi connectivity index (χ0v) is 19.4. The highest BCUT2D eigenvalue weighted by atomic mass is 16.5. The van der Waals surface area contributed by atoms with Gasteiger partial charge in [-0.15, -0.1) is 0 Å². The van der Waals surface area contributed by atoms with Crippen LogP contribution in [0.25, 0.3) is 0 Å². The van der Waals surface area contributed by atoms with E-state index in [0.29, 0.717) is 36.1 Å². The Labute approximate surface area is 188 Å². The van der Waals surface area contributed by atoms with Gasteiger partial charge >= 0.3 is 6.03 Å². The van der Waals surface area contributed by atoms with E-state index in [1.165, 1.54) is 0 Å². The minimum Gasteiger partial charge on any atom is -0.711 e.